The van der Waals surface area contributed by atoms with E-state index in [9.17, 15) is 4.79 Å². The summed E-state index contributed by atoms with van der Waals surface area (Å²) in [6, 6.07) is 0. The van der Waals surface area contributed by atoms with E-state index in [2.05, 4.69) is 5.10 Å². The van der Waals surface area contributed by atoms with Crippen LogP contribution in [0.2, 0.25) is 0 Å². The Kier molecular flexibility index (Phi) is 4.74. The highest BCUT2D eigenvalue weighted by Crippen LogP contribution is 2.00. The molecule has 0 radical (unpaired) electrons. The number of hydrazone groups is 1. The van der Waals surface area contributed by atoms with Crippen molar-refractivity contribution in [2.45, 2.75) is 13.8 Å². The topological polar surface area (TPSA) is 61.7 Å². The highest BCUT2D eigenvalue weighted by atomic mass is 32.2. The van der Waals surface area contributed by atoms with E-state index in [0.29, 0.717) is 0 Å². The second-order valence-electron chi connectivity index (χ2n) is 1.48. The number of carbonyl (C=O) groups is 1. The van der Waals surface area contributed by atoms with Gasteiger partial charge in [0.2, 0.25) is 0 Å². The van der Waals surface area contributed by atoms with E-state index in [0.717, 1.165) is 10.8 Å². The van der Waals surface area contributed by atoms with Crippen LogP contribution >= 0.6 is 11.8 Å². The van der Waals surface area contributed by atoms with Gasteiger partial charge in [0.15, 0.2) is 0 Å². The Hall–Kier alpha value is -0.710. The van der Waals surface area contributed by atoms with Gasteiger partial charge in [-0.1, -0.05) is 6.92 Å². The predicted molar refractivity (Wildman–Crippen MR) is 42.4 cm³/mol. The number of nitrogens with one attached hydrogen (secondary N) is 1. The van der Waals surface area contributed by atoms with E-state index in [1.807, 2.05) is 12.3 Å². The summed E-state index contributed by atoms with van der Waals surface area (Å²) in [5.41, 5.74) is 1.91. The van der Waals surface area contributed by atoms with Crippen LogP contribution in [0.4, 0.5) is 4.79 Å². The van der Waals surface area contributed by atoms with Crippen molar-refractivity contribution >= 4 is 22.9 Å². The number of amides is 1. The van der Waals surface area contributed by atoms with Crippen molar-refractivity contribution in [3.63, 3.8) is 0 Å². The fraction of sp³-hybridized carbons (Fsp3) is 0.600. The molecule has 0 rings (SSSR count). The van der Waals surface area contributed by atoms with Crippen molar-refractivity contribution in [3.05, 3.63) is 0 Å². The first kappa shape index (κ1) is 9.29. The third-order valence-corrected chi connectivity index (χ3v) is 1.46. The molecule has 0 unspecified atom stereocenters. The van der Waals surface area contributed by atoms with Gasteiger partial charge in [-0.3, -0.25) is 0 Å². The molecule has 2 N–H and O–H groups in total. The van der Waals surface area contributed by atoms with E-state index in [1.54, 1.807) is 6.92 Å². The van der Waals surface area contributed by atoms with Crippen molar-refractivity contribution in [2.75, 3.05) is 5.75 Å². The number of carboxylic acid groups (broad SMARTS) is 1. The minimum atomic E-state index is -1.13. The summed E-state index contributed by atoms with van der Waals surface area (Å²) >= 11 is 1.50. The van der Waals surface area contributed by atoms with E-state index >= 15 is 0 Å². The van der Waals surface area contributed by atoms with Crippen LogP contribution in [0.1, 0.15) is 13.8 Å². The van der Waals surface area contributed by atoms with Crippen LogP contribution in [0, 0.1) is 0 Å². The molecule has 0 aromatic carbocycles. The Morgan fingerprint density at radius 3 is 2.80 bits per heavy atom. The largest absolute Gasteiger partial charge is 0.464 e. The molecule has 4 nitrogen and oxygen atoms in total. The van der Waals surface area contributed by atoms with Gasteiger partial charge in [-0.2, -0.15) is 5.10 Å². The van der Waals surface area contributed by atoms with Crippen LogP contribution in [0.25, 0.3) is 0 Å². The maximum Gasteiger partial charge on any atom is 0.425 e. The average molecular weight is 162 g/mol. The molecule has 5 heteroatoms. The molecule has 0 aliphatic rings. The molecule has 0 fully saturated rings. The molecule has 10 heavy (non-hydrogen) atoms. The van der Waals surface area contributed by atoms with E-state index < -0.39 is 6.09 Å². The average Bonchev–Trinajstić information content (AvgIpc) is 1.85. The molecule has 0 aliphatic heterocycles. The van der Waals surface area contributed by atoms with Crippen molar-refractivity contribution < 1.29 is 9.90 Å². The monoisotopic (exact) mass is 162 g/mol. The van der Waals surface area contributed by atoms with Crippen molar-refractivity contribution in [2.24, 2.45) is 5.10 Å². The first-order valence-corrected chi connectivity index (χ1v) is 3.81. The van der Waals surface area contributed by atoms with Gasteiger partial charge in [-0.05, 0) is 12.7 Å². The number of nitrogens with zero attached hydrogens (tertiary/aromatic N) is 1. The normalized spacial score (nSPS) is 11.2. The van der Waals surface area contributed by atoms with Crippen LogP contribution < -0.4 is 5.43 Å². The molecule has 0 heterocycles. The molecule has 0 bridgehead atoms. The Balaban J connectivity index is 3.57. The van der Waals surface area contributed by atoms with Crippen LogP contribution in [-0.4, -0.2) is 22.0 Å². The zero-order valence-corrected chi connectivity index (χ0v) is 6.73. The summed E-state index contributed by atoms with van der Waals surface area (Å²) in [4.78, 5) is 9.88. The maximum atomic E-state index is 9.88. The lowest BCUT2D eigenvalue weighted by molar-refractivity contribution is 0.195. The molecule has 1 amide bonds. The Morgan fingerprint density at radius 2 is 2.40 bits per heavy atom. The first-order valence-electron chi connectivity index (χ1n) is 2.82. The smallest absolute Gasteiger partial charge is 0.425 e. The highest BCUT2D eigenvalue weighted by Gasteiger charge is 1.91. The van der Waals surface area contributed by atoms with Crippen LogP contribution in [0.5, 0.6) is 0 Å². The first-order chi connectivity index (χ1) is 4.66. The molecular weight excluding hydrogens is 152 g/mol. The Labute approximate surface area is 63.7 Å². The predicted octanol–water partition coefficient (Wildman–Crippen LogP) is 1.34. The standard InChI is InChI=1S/C5H10N2O2S/c1-3-10-4(2)6-7-5(8)9/h7H,3H2,1-2H3,(H,8,9)/b6-4-. The molecule has 0 aromatic rings. The van der Waals surface area contributed by atoms with E-state index in [-0.39, 0.29) is 0 Å². The fourth-order valence-corrected chi connectivity index (χ4v) is 0.896. The summed E-state index contributed by atoms with van der Waals surface area (Å²) in [5, 5.41) is 12.4. The van der Waals surface area contributed by atoms with E-state index in [4.69, 9.17) is 5.11 Å². The Bertz CT molecular complexity index is 147. The van der Waals surface area contributed by atoms with Gasteiger partial charge < -0.3 is 5.11 Å². The minimum absolute atomic E-state index is 0.727. The van der Waals surface area contributed by atoms with Crippen molar-refractivity contribution in [3.8, 4) is 0 Å². The molecule has 0 aromatic heterocycles. The second-order valence-corrected chi connectivity index (χ2v) is 2.94. The van der Waals surface area contributed by atoms with Crippen LogP contribution in [0.15, 0.2) is 5.10 Å². The summed E-state index contributed by atoms with van der Waals surface area (Å²) < 4.78 is 0. The molecule has 0 saturated heterocycles. The third-order valence-electron chi connectivity index (χ3n) is 0.662. The lowest BCUT2D eigenvalue weighted by Gasteiger charge is -1.94. The van der Waals surface area contributed by atoms with Crippen LogP contribution in [-0.2, 0) is 0 Å². The molecule has 0 atom stereocenters. The summed E-state index contributed by atoms with van der Waals surface area (Å²) in [5.74, 6) is 0.899. The maximum absolute atomic E-state index is 9.88. The molecule has 0 aliphatic carbocycles. The summed E-state index contributed by atoms with van der Waals surface area (Å²) in [7, 11) is 0. The zero-order valence-electron chi connectivity index (χ0n) is 5.92. The van der Waals surface area contributed by atoms with Gasteiger partial charge in [0.25, 0.3) is 0 Å². The van der Waals surface area contributed by atoms with E-state index in [1.165, 1.54) is 11.8 Å². The zero-order chi connectivity index (χ0) is 7.98. The van der Waals surface area contributed by atoms with Gasteiger partial charge in [-0.25, -0.2) is 10.2 Å². The number of rotatable bonds is 2. The quantitative estimate of drug-likeness (QED) is 0.366. The van der Waals surface area contributed by atoms with Gasteiger partial charge in [0.05, 0.1) is 5.04 Å². The molecule has 58 valence electrons. The highest BCUT2D eigenvalue weighted by molar-refractivity contribution is 8.13. The van der Waals surface area contributed by atoms with Crippen molar-refractivity contribution in [1.29, 1.82) is 0 Å². The van der Waals surface area contributed by atoms with Gasteiger partial charge >= 0.3 is 6.09 Å². The molecular formula is C5H10N2O2S. The lowest BCUT2D eigenvalue weighted by atomic mass is 10.9. The van der Waals surface area contributed by atoms with Gasteiger partial charge in [-0.15, -0.1) is 11.8 Å². The summed E-state index contributed by atoms with van der Waals surface area (Å²) in [6.07, 6.45) is -1.13. The fourth-order valence-electron chi connectivity index (χ4n) is 0.368. The number of thioether (sulfide) groups is 1. The molecule has 0 spiro atoms. The lowest BCUT2D eigenvalue weighted by Crippen LogP contribution is -2.14. The van der Waals surface area contributed by atoms with Gasteiger partial charge in [0, 0.05) is 0 Å². The van der Waals surface area contributed by atoms with Crippen LogP contribution in [0.3, 0.4) is 0 Å². The minimum Gasteiger partial charge on any atom is -0.464 e. The third kappa shape index (κ3) is 5.43. The number of hydrogen-bond acceptors (Lipinski definition) is 3. The number of hydrogen-bond donors (Lipinski definition) is 2. The second kappa shape index (κ2) is 5.10. The van der Waals surface area contributed by atoms with Gasteiger partial charge in [0.1, 0.15) is 0 Å². The SMILES string of the molecule is CCS/C(C)=N\NC(=O)O. The van der Waals surface area contributed by atoms with Crippen molar-refractivity contribution in [1.82, 2.24) is 5.43 Å². The summed E-state index contributed by atoms with van der Waals surface area (Å²) in [6.45, 7) is 3.73. The Morgan fingerprint density at radius 1 is 1.80 bits per heavy atom. The molecule has 0 saturated carbocycles.